The van der Waals surface area contributed by atoms with Gasteiger partial charge in [-0.15, -0.1) is 0 Å². The minimum atomic E-state index is 0.203. The van der Waals surface area contributed by atoms with Crippen LogP contribution in [0.15, 0.2) is 6.20 Å². The van der Waals surface area contributed by atoms with Gasteiger partial charge in [0, 0.05) is 18.8 Å². The molecule has 3 nitrogen and oxygen atoms in total. The molecule has 1 aromatic heterocycles. The first-order valence-electron chi connectivity index (χ1n) is 5.69. The van der Waals surface area contributed by atoms with Crippen LogP contribution in [0.5, 0.6) is 0 Å². The molecule has 1 heterocycles. The third kappa shape index (κ3) is 4.04. The van der Waals surface area contributed by atoms with Crippen molar-refractivity contribution in [3.05, 3.63) is 17.5 Å². The Bertz CT molecular complexity index is 307. The second-order valence-electron chi connectivity index (χ2n) is 5.06. The summed E-state index contributed by atoms with van der Waals surface area (Å²) in [5, 5.41) is 7.93. The maximum absolute atomic E-state index is 4.43. The van der Waals surface area contributed by atoms with Crippen molar-refractivity contribution in [2.24, 2.45) is 7.05 Å². The minimum absolute atomic E-state index is 0.203. The van der Waals surface area contributed by atoms with E-state index in [9.17, 15) is 0 Å². The molecule has 1 rings (SSSR count). The fourth-order valence-electron chi connectivity index (χ4n) is 1.66. The van der Waals surface area contributed by atoms with Gasteiger partial charge in [0.05, 0.1) is 5.69 Å². The van der Waals surface area contributed by atoms with Crippen LogP contribution < -0.4 is 5.32 Å². The van der Waals surface area contributed by atoms with Gasteiger partial charge in [0.2, 0.25) is 0 Å². The molecular weight excluding hydrogens is 186 g/mol. The van der Waals surface area contributed by atoms with E-state index in [1.807, 2.05) is 11.7 Å². The molecule has 0 aromatic carbocycles. The molecule has 1 N–H and O–H groups in total. The van der Waals surface area contributed by atoms with E-state index < -0.39 is 0 Å². The van der Waals surface area contributed by atoms with E-state index in [2.05, 4.69) is 44.3 Å². The number of hydrogen-bond acceptors (Lipinski definition) is 2. The van der Waals surface area contributed by atoms with E-state index in [1.165, 1.54) is 11.3 Å². The third-order valence-corrected chi connectivity index (χ3v) is 2.38. The summed E-state index contributed by atoms with van der Waals surface area (Å²) in [6.07, 6.45) is 4.21. The van der Waals surface area contributed by atoms with Crippen molar-refractivity contribution in [1.82, 2.24) is 15.1 Å². The number of nitrogens with zero attached hydrogens (tertiary/aromatic N) is 2. The van der Waals surface area contributed by atoms with Gasteiger partial charge >= 0.3 is 0 Å². The molecule has 0 bridgehead atoms. The van der Waals surface area contributed by atoms with Crippen LogP contribution in [0.3, 0.4) is 0 Å². The van der Waals surface area contributed by atoms with Gasteiger partial charge < -0.3 is 5.32 Å². The van der Waals surface area contributed by atoms with Crippen molar-refractivity contribution in [1.29, 1.82) is 0 Å². The largest absolute Gasteiger partial charge is 0.312 e. The van der Waals surface area contributed by atoms with Crippen LogP contribution in [0.2, 0.25) is 0 Å². The summed E-state index contributed by atoms with van der Waals surface area (Å²) in [4.78, 5) is 0. The molecule has 0 aliphatic rings. The summed E-state index contributed by atoms with van der Waals surface area (Å²) in [7, 11) is 1.99. The van der Waals surface area contributed by atoms with Crippen molar-refractivity contribution in [3.63, 3.8) is 0 Å². The summed E-state index contributed by atoms with van der Waals surface area (Å²) >= 11 is 0. The van der Waals surface area contributed by atoms with Crippen molar-refractivity contribution in [2.45, 2.75) is 46.1 Å². The van der Waals surface area contributed by atoms with E-state index in [1.54, 1.807) is 0 Å². The molecule has 86 valence electrons. The summed E-state index contributed by atoms with van der Waals surface area (Å²) in [5.74, 6) is 0. The van der Waals surface area contributed by atoms with Gasteiger partial charge in [-0.05, 0) is 45.7 Å². The highest BCUT2D eigenvalue weighted by Crippen LogP contribution is 2.08. The molecular formula is C12H23N3. The van der Waals surface area contributed by atoms with Gasteiger partial charge in [-0.25, -0.2) is 0 Å². The Hall–Kier alpha value is -0.830. The third-order valence-electron chi connectivity index (χ3n) is 2.38. The van der Waals surface area contributed by atoms with Gasteiger partial charge in [-0.3, -0.25) is 4.68 Å². The van der Waals surface area contributed by atoms with Crippen LogP contribution in [0.4, 0.5) is 0 Å². The second-order valence-corrected chi connectivity index (χ2v) is 5.06. The Morgan fingerprint density at radius 1 is 1.40 bits per heavy atom. The number of aryl methyl sites for hydroxylation is 2. The molecule has 3 heteroatoms. The van der Waals surface area contributed by atoms with Crippen LogP contribution in [0.25, 0.3) is 0 Å². The average Bonchev–Trinajstić information content (AvgIpc) is 2.44. The SMILES string of the molecule is CCc1nn(C)cc1CCNC(C)(C)C. The van der Waals surface area contributed by atoms with Gasteiger partial charge in [-0.1, -0.05) is 6.92 Å². The smallest absolute Gasteiger partial charge is 0.0654 e. The Labute approximate surface area is 92.9 Å². The molecule has 1 aromatic rings. The van der Waals surface area contributed by atoms with Crippen LogP contribution in [-0.2, 0) is 19.9 Å². The first kappa shape index (κ1) is 12.2. The lowest BCUT2D eigenvalue weighted by molar-refractivity contribution is 0.429. The van der Waals surface area contributed by atoms with E-state index in [4.69, 9.17) is 0 Å². The summed E-state index contributed by atoms with van der Waals surface area (Å²) in [6, 6.07) is 0. The fourth-order valence-corrected chi connectivity index (χ4v) is 1.66. The molecule has 0 aliphatic heterocycles. The molecule has 0 spiro atoms. The summed E-state index contributed by atoms with van der Waals surface area (Å²) in [5.41, 5.74) is 2.80. The zero-order valence-electron chi connectivity index (χ0n) is 10.6. The van der Waals surface area contributed by atoms with Crippen molar-refractivity contribution in [3.8, 4) is 0 Å². The lowest BCUT2D eigenvalue weighted by Gasteiger charge is -2.20. The predicted octanol–water partition coefficient (Wildman–Crippen LogP) is 1.91. The molecule has 0 aliphatic carbocycles. The van der Waals surface area contributed by atoms with Crippen LogP contribution in [-0.4, -0.2) is 21.9 Å². The maximum atomic E-state index is 4.43. The number of rotatable bonds is 4. The molecule has 0 radical (unpaired) electrons. The topological polar surface area (TPSA) is 29.9 Å². The van der Waals surface area contributed by atoms with Crippen molar-refractivity contribution >= 4 is 0 Å². The maximum Gasteiger partial charge on any atom is 0.0654 e. The Morgan fingerprint density at radius 2 is 2.07 bits per heavy atom. The normalized spacial score (nSPS) is 12.1. The molecule has 0 saturated carbocycles. The minimum Gasteiger partial charge on any atom is -0.312 e. The standard InChI is InChI=1S/C12H23N3/c1-6-11-10(9-15(5)14-11)7-8-13-12(2,3)4/h9,13H,6-8H2,1-5H3. The molecule has 0 amide bonds. The van der Waals surface area contributed by atoms with Gasteiger partial charge in [0.15, 0.2) is 0 Å². The van der Waals surface area contributed by atoms with Crippen LogP contribution >= 0.6 is 0 Å². The average molecular weight is 209 g/mol. The summed E-state index contributed by atoms with van der Waals surface area (Å²) < 4.78 is 1.91. The zero-order valence-corrected chi connectivity index (χ0v) is 10.6. The van der Waals surface area contributed by atoms with Crippen LogP contribution in [0.1, 0.15) is 39.0 Å². The lowest BCUT2D eigenvalue weighted by atomic mass is 10.1. The van der Waals surface area contributed by atoms with Crippen molar-refractivity contribution < 1.29 is 0 Å². The number of hydrogen-bond donors (Lipinski definition) is 1. The monoisotopic (exact) mass is 209 g/mol. The highest BCUT2D eigenvalue weighted by molar-refractivity contribution is 5.17. The second kappa shape index (κ2) is 4.79. The van der Waals surface area contributed by atoms with Gasteiger partial charge in [-0.2, -0.15) is 5.10 Å². The number of aromatic nitrogens is 2. The van der Waals surface area contributed by atoms with E-state index in [0.29, 0.717) is 0 Å². The molecule has 0 saturated heterocycles. The first-order chi connectivity index (χ1) is 6.92. The Morgan fingerprint density at radius 3 is 2.60 bits per heavy atom. The predicted molar refractivity (Wildman–Crippen MR) is 64.0 cm³/mol. The highest BCUT2D eigenvalue weighted by atomic mass is 15.2. The highest BCUT2D eigenvalue weighted by Gasteiger charge is 2.10. The van der Waals surface area contributed by atoms with E-state index >= 15 is 0 Å². The van der Waals surface area contributed by atoms with E-state index in [0.717, 1.165) is 19.4 Å². The molecule has 0 unspecified atom stereocenters. The molecule has 15 heavy (non-hydrogen) atoms. The van der Waals surface area contributed by atoms with Crippen LogP contribution in [0, 0.1) is 0 Å². The van der Waals surface area contributed by atoms with Gasteiger partial charge in [0.25, 0.3) is 0 Å². The Balaban J connectivity index is 2.50. The van der Waals surface area contributed by atoms with Gasteiger partial charge in [0.1, 0.15) is 0 Å². The lowest BCUT2D eigenvalue weighted by Crippen LogP contribution is -2.37. The number of nitrogens with one attached hydrogen (secondary N) is 1. The molecule has 0 atom stereocenters. The first-order valence-corrected chi connectivity index (χ1v) is 5.69. The fraction of sp³-hybridized carbons (Fsp3) is 0.750. The quantitative estimate of drug-likeness (QED) is 0.821. The molecule has 0 fully saturated rings. The van der Waals surface area contributed by atoms with Crippen molar-refractivity contribution in [2.75, 3.05) is 6.54 Å². The zero-order chi connectivity index (χ0) is 11.5. The Kier molecular flexibility index (Phi) is 3.91. The van der Waals surface area contributed by atoms with E-state index in [-0.39, 0.29) is 5.54 Å². The summed E-state index contributed by atoms with van der Waals surface area (Å²) in [6.45, 7) is 9.75.